The smallest absolute Gasteiger partial charge is 0.256 e. The van der Waals surface area contributed by atoms with Crippen molar-refractivity contribution in [2.45, 2.75) is 31.3 Å². The van der Waals surface area contributed by atoms with Gasteiger partial charge in [0.15, 0.2) is 5.82 Å². The summed E-state index contributed by atoms with van der Waals surface area (Å²) in [4.78, 5) is 23.3. The minimum Gasteiger partial charge on any atom is -0.334 e. The Kier molecular flexibility index (Phi) is 3.76. The van der Waals surface area contributed by atoms with Crippen LogP contribution in [0.3, 0.4) is 0 Å². The van der Waals surface area contributed by atoms with Gasteiger partial charge in [-0.1, -0.05) is 0 Å². The van der Waals surface area contributed by atoms with E-state index in [0.29, 0.717) is 11.5 Å². The van der Waals surface area contributed by atoms with Crippen LogP contribution in [0.1, 0.15) is 29.6 Å². The average Bonchev–Trinajstić information content (AvgIpc) is 2.62. The molecule has 0 aromatic carbocycles. The first-order chi connectivity index (χ1) is 11.6. The topological polar surface area (TPSA) is 72.1 Å². The minimum atomic E-state index is -0.484. The Hall–Kier alpha value is -2.34. The van der Waals surface area contributed by atoms with Crippen molar-refractivity contribution >= 4 is 5.91 Å². The zero-order valence-electron chi connectivity index (χ0n) is 13.2. The van der Waals surface area contributed by atoms with Gasteiger partial charge in [-0.3, -0.25) is 14.8 Å². The average molecular weight is 326 g/mol. The van der Waals surface area contributed by atoms with Crippen LogP contribution in [-0.4, -0.2) is 39.4 Å². The molecule has 0 spiro atoms. The number of rotatable bonds is 2. The molecular weight excluding hydrogens is 307 g/mol. The summed E-state index contributed by atoms with van der Waals surface area (Å²) < 4.78 is 14.1. The Labute approximate surface area is 139 Å². The van der Waals surface area contributed by atoms with E-state index in [4.69, 9.17) is 5.73 Å². The van der Waals surface area contributed by atoms with E-state index >= 15 is 0 Å². The molecule has 5 nitrogen and oxygen atoms in total. The lowest BCUT2D eigenvalue weighted by Gasteiger charge is -2.48. The molecule has 5 rings (SSSR count). The first-order valence-corrected chi connectivity index (χ1v) is 8.27. The third-order valence-corrected chi connectivity index (χ3v) is 5.11. The summed E-state index contributed by atoms with van der Waals surface area (Å²) in [7, 11) is 0. The number of nitrogens with zero attached hydrogens (tertiary/aromatic N) is 3. The molecule has 2 saturated heterocycles. The molecule has 3 unspecified atom stereocenters. The Morgan fingerprint density at radius 2 is 1.92 bits per heavy atom. The lowest BCUT2D eigenvalue weighted by Crippen LogP contribution is -2.60. The van der Waals surface area contributed by atoms with Crippen LogP contribution in [0.25, 0.3) is 11.4 Å². The molecule has 3 atom stereocenters. The third-order valence-electron chi connectivity index (χ3n) is 5.11. The van der Waals surface area contributed by atoms with Gasteiger partial charge in [0.2, 0.25) is 0 Å². The van der Waals surface area contributed by atoms with E-state index in [2.05, 4.69) is 9.97 Å². The van der Waals surface area contributed by atoms with Gasteiger partial charge in [-0.2, -0.15) is 0 Å². The molecule has 2 aliphatic heterocycles. The van der Waals surface area contributed by atoms with Crippen LogP contribution in [0.4, 0.5) is 4.39 Å². The largest absolute Gasteiger partial charge is 0.334 e. The predicted molar refractivity (Wildman–Crippen MR) is 87.6 cm³/mol. The van der Waals surface area contributed by atoms with Crippen LogP contribution in [0.5, 0.6) is 0 Å². The Balaban J connectivity index is 1.73. The molecule has 4 heterocycles. The van der Waals surface area contributed by atoms with E-state index in [0.717, 1.165) is 25.8 Å². The van der Waals surface area contributed by atoms with Gasteiger partial charge in [-0.05, 0) is 49.4 Å². The Morgan fingerprint density at radius 1 is 1.17 bits per heavy atom. The number of fused-ring (bicyclic) bond motifs is 3. The summed E-state index contributed by atoms with van der Waals surface area (Å²) >= 11 is 0. The van der Waals surface area contributed by atoms with Crippen molar-refractivity contribution in [2.75, 3.05) is 6.54 Å². The highest BCUT2D eigenvalue weighted by molar-refractivity contribution is 5.99. The lowest BCUT2D eigenvalue weighted by atomic mass is 9.76. The van der Waals surface area contributed by atoms with Crippen molar-refractivity contribution in [3.8, 4) is 11.4 Å². The number of hydrogen-bond acceptors (Lipinski definition) is 4. The highest BCUT2D eigenvalue weighted by Crippen LogP contribution is 2.36. The van der Waals surface area contributed by atoms with Crippen LogP contribution in [-0.2, 0) is 0 Å². The van der Waals surface area contributed by atoms with Crippen molar-refractivity contribution < 1.29 is 9.18 Å². The molecule has 3 fully saturated rings. The van der Waals surface area contributed by atoms with Gasteiger partial charge in [0.05, 0.1) is 5.56 Å². The maximum absolute atomic E-state index is 14.1. The normalized spacial score (nSPS) is 25.8. The third kappa shape index (κ3) is 2.47. The van der Waals surface area contributed by atoms with Crippen LogP contribution < -0.4 is 5.73 Å². The molecule has 24 heavy (non-hydrogen) atoms. The number of hydrogen-bond donors (Lipinski definition) is 1. The van der Waals surface area contributed by atoms with E-state index in [-0.39, 0.29) is 29.4 Å². The molecule has 2 N–H and O–H groups in total. The monoisotopic (exact) mass is 326 g/mol. The summed E-state index contributed by atoms with van der Waals surface area (Å²) in [5, 5.41) is 0. The number of carbonyl (C=O) groups is 1. The van der Waals surface area contributed by atoms with Gasteiger partial charge in [0.25, 0.3) is 5.91 Å². The molecule has 1 saturated carbocycles. The molecule has 1 amide bonds. The molecule has 2 aromatic heterocycles. The first kappa shape index (κ1) is 15.2. The van der Waals surface area contributed by atoms with Gasteiger partial charge in [0.1, 0.15) is 11.4 Å². The van der Waals surface area contributed by atoms with Crippen LogP contribution in [0.15, 0.2) is 36.7 Å². The van der Waals surface area contributed by atoms with Gasteiger partial charge in [0, 0.05) is 31.0 Å². The van der Waals surface area contributed by atoms with Crippen LogP contribution in [0.2, 0.25) is 0 Å². The maximum atomic E-state index is 14.1. The van der Waals surface area contributed by atoms with Crippen LogP contribution in [0, 0.1) is 11.7 Å². The summed E-state index contributed by atoms with van der Waals surface area (Å²) in [5.74, 6) is -0.157. The van der Waals surface area contributed by atoms with E-state index < -0.39 is 5.82 Å². The second-order valence-corrected chi connectivity index (χ2v) is 6.60. The Morgan fingerprint density at radius 3 is 2.62 bits per heavy atom. The van der Waals surface area contributed by atoms with Crippen molar-refractivity contribution in [3.63, 3.8) is 0 Å². The van der Waals surface area contributed by atoms with Crippen LogP contribution >= 0.6 is 0 Å². The number of carbonyl (C=O) groups excluding carboxylic acids is 1. The standard InChI is InChI=1S/C18H19FN4O/c19-13-4-2-8-22-17(13)16-12(3-1-7-21-16)18(24)23-10-11-5-6-15(23)14(20)9-11/h1-4,7-8,11,14-15H,5-6,9-10,20H2. The molecule has 2 bridgehead atoms. The van der Waals surface area contributed by atoms with Crippen molar-refractivity contribution in [1.29, 1.82) is 0 Å². The molecule has 0 radical (unpaired) electrons. The quantitative estimate of drug-likeness (QED) is 0.918. The number of piperidine rings is 2. The van der Waals surface area contributed by atoms with E-state index in [1.165, 1.54) is 18.3 Å². The van der Waals surface area contributed by atoms with E-state index in [1.54, 1.807) is 18.3 Å². The zero-order valence-corrected chi connectivity index (χ0v) is 13.2. The molecule has 6 heteroatoms. The fourth-order valence-electron chi connectivity index (χ4n) is 3.96. The second-order valence-electron chi connectivity index (χ2n) is 6.60. The fraction of sp³-hybridized carbons (Fsp3) is 0.389. The molecule has 1 aliphatic carbocycles. The molecule has 124 valence electrons. The van der Waals surface area contributed by atoms with Crippen molar-refractivity contribution in [3.05, 3.63) is 48.0 Å². The summed E-state index contributed by atoms with van der Waals surface area (Å²) in [6.45, 7) is 0.718. The van der Waals surface area contributed by atoms with E-state index in [9.17, 15) is 9.18 Å². The number of nitrogens with two attached hydrogens (primary N) is 1. The second kappa shape index (κ2) is 5.94. The zero-order chi connectivity index (χ0) is 16.7. The highest BCUT2D eigenvalue weighted by atomic mass is 19.1. The van der Waals surface area contributed by atoms with Crippen molar-refractivity contribution in [1.82, 2.24) is 14.9 Å². The Bertz CT molecular complexity index is 781. The number of amides is 1. The number of pyridine rings is 2. The van der Waals surface area contributed by atoms with Gasteiger partial charge in [-0.15, -0.1) is 0 Å². The van der Waals surface area contributed by atoms with Gasteiger partial charge in [-0.25, -0.2) is 4.39 Å². The summed E-state index contributed by atoms with van der Waals surface area (Å²) in [6, 6.07) is 6.31. The predicted octanol–water partition coefficient (Wildman–Crippen LogP) is 2.23. The van der Waals surface area contributed by atoms with Gasteiger partial charge >= 0.3 is 0 Å². The van der Waals surface area contributed by atoms with Crippen molar-refractivity contribution in [2.24, 2.45) is 11.7 Å². The molecule has 2 aromatic rings. The summed E-state index contributed by atoms with van der Waals surface area (Å²) in [6.07, 6.45) is 6.08. The maximum Gasteiger partial charge on any atom is 0.256 e. The highest BCUT2D eigenvalue weighted by Gasteiger charge is 2.42. The molecular formula is C18H19FN4O. The number of aromatic nitrogens is 2. The number of halogens is 1. The van der Waals surface area contributed by atoms with E-state index in [1.807, 2.05) is 4.90 Å². The summed E-state index contributed by atoms with van der Waals surface area (Å²) in [5.41, 5.74) is 6.99. The minimum absolute atomic E-state index is 0.0214. The van der Waals surface area contributed by atoms with Gasteiger partial charge < -0.3 is 10.6 Å². The lowest BCUT2D eigenvalue weighted by molar-refractivity contribution is 0.0250. The first-order valence-electron chi connectivity index (χ1n) is 8.27. The molecule has 3 aliphatic rings. The SMILES string of the molecule is NC1CC2CCC1N(C(=O)c1cccnc1-c1ncccc1F)C2. The fourth-order valence-corrected chi connectivity index (χ4v) is 3.96.